The van der Waals surface area contributed by atoms with Crippen LogP contribution in [0.4, 0.5) is 0 Å². The van der Waals surface area contributed by atoms with Crippen molar-refractivity contribution in [1.82, 2.24) is 4.98 Å². The number of aryl methyl sites for hydroxylation is 1. The summed E-state index contributed by atoms with van der Waals surface area (Å²) < 4.78 is 0. The van der Waals surface area contributed by atoms with Gasteiger partial charge in [0.05, 0.1) is 5.52 Å². The van der Waals surface area contributed by atoms with Crippen LogP contribution in [0.5, 0.6) is 0 Å². The molecule has 1 aromatic heterocycles. The van der Waals surface area contributed by atoms with Crippen molar-refractivity contribution in [1.29, 1.82) is 0 Å². The molecule has 1 aromatic carbocycles. The highest BCUT2D eigenvalue weighted by molar-refractivity contribution is 5.79. The molecule has 2 heteroatoms. The van der Waals surface area contributed by atoms with E-state index in [4.69, 9.17) is 5.73 Å². The first-order valence-electron chi connectivity index (χ1n) is 6.28. The number of nitrogens with zero attached hydrogens (tertiary/aromatic N) is 1. The molecule has 2 aromatic rings. The van der Waals surface area contributed by atoms with Gasteiger partial charge in [-0.3, -0.25) is 4.98 Å². The number of pyridine rings is 1. The van der Waals surface area contributed by atoms with E-state index in [1.165, 1.54) is 17.4 Å². The minimum absolute atomic E-state index is 0.190. The third-order valence-electron chi connectivity index (χ3n) is 3.87. The largest absolute Gasteiger partial charge is 0.324 e. The molecule has 1 fully saturated rings. The van der Waals surface area contributed by atoms with Crippen LogP contribution in [0.1, 0.15) is 30.6 Å². The van der Waals surface area contributed by atoms with E-state index >= 15 is 0 Å². The van der Waals surface area contributed by atoms with Gasteiger partial charge in [0, 0.05) is 17.1 Å². The minimum atomic E-state index is 0.190. The fourth-order valence-corrected chi connectivity index (χ4v) is 2.55. The molecular formula is C15H18N2. The fraction of sp³-hybridized carbons (Fsp3) is 0.400. The van der Waals surface area contributed by atoms with Gasteiger partial charge in [0.25, 0.3) is 0 Å². The highest BCUT2D eigenvalue weighted by Gasteiger charge is 2.38. The highest BCUT2D eigenvalue weighted by Crippen LogP contribution is 2.45. The molecule has 3 unspecified atom stereocenters. The van der Waals surface area contributed by atoms with E-state index in [-0.39, 0.29) is 6.04 Å². The molecule has 88 valence electrons. The standard InChI is InChI=1S/C15H18N2/c1-9-7-13(9)15(16)12-5-6-14-11(8-12)4-3-10(2)17-14/h3-6,8-9,13,15H,7,16H2,1-2H3. The van der Waals surface area contributed by atoms with Gasteiger partial charge in [0.2, 0.25) is 0 Å². The van der Waals surface area contributed by atoms with Crippen LogP contribution in [0.15, 0.2) is 30.3 Å². The van der Waals surface area contributed by atoms with Crippen molar-refractivity contribution in [2.45, 2.75) is 26.3 Å². The maximum Gasteiger partial charge on any atom is 0.0705 e. The molecule has 0 saturated heterocycles. The van der Waals surface area contributed by atoms with Crippen molar-refractivity contribution in [3.8, 4) is 0 Å². The zero-order chi connectivity index (χ0) is 12.0. The van der Waals surface area contributed by atoms with Crippen molar-refractivity contribution in [3.63, 3.8) is 0 Å². The van der Waals surface area contributed by atoms with Gasteiger partial charge in [0.15, 0.2) is 0 Å². The van der Waals surface area contributed by atoms with E-state index in [1.54, 1.807) is 0 Å². The van der Waals surface area contributed by atoms with E-state index in [0.717, 1.165) is 17.1 Å². The molecule has 1 saturated carbocycles. The van der Waals surface area contributed by atoms with Gasteiger partial charge in [-0.25, -0.2) is 0 Å². The number of nitrogens with two attached hydrogens (primary N) is 1. The summed E-state index contributed by atoms with van der Waals surface area (Å²) in [5.74, 6) is 1.46. The van der Waals surface area contributed by atoms with E-state index in [2.05, 4.69) is 42.2 Å². The van der Waals surface area contributed by atoms with Crippen molar-refractivity contribution in [3.05, 3.63) is 41.6 Å². The molecule has 0 bridgehead atoms. The van der Waals surface area contributed by atoms with Crippen LogP contribution in [0.3, 0.4) is 0 Å². The van der Waals surface area contributed by atoms with E-state index < -0.39 is 0 Å². The molecule has 0 aliphatic heterocycles. The number of hydrogen-bond acceptors (Lipinski definition) is 2. The summed E-state index contributed by atoms with van der Waals surface area (Å²) in [6.45, 7) is 4.29. The van der Waals surface area contributed by atoms with E-state index in [1.807, 2.05) is 6.92 Å². The van der Waals surface area contributed by atoms with Gasteiger partial charge in [0.1, 0.15) is 0 Å². The summed E-state index contributed by atoms with van der Waals surface area (Å²) >= 11 is 0. The Bertz CT molecular complexity index is 562. The quantitative estimate of drug-likeness (QED) is 0.854. The lowest BCUT2D eigenvalue weighted by atomic mass is 10.00. The van der Waals surface area contributed by atoms with Crippen LogP contribution >= 0.6 is 0 Å². The normalized spacial score (nSPS) is 24.9. The molecule has 3 atom stereocenters. The van der Waals surface area contributed by atoms with E-state index in [9.17, 15) is 0 Å². The van der Waals surface area contributed by atoms with Crippen molar-refractivity contribution >= 4 is 10.9 Å². The predicted octanol–water partition coefficient (Wildman–Crippen LogP) is 3.20. The number of hydrogen-bond donors (Lipinski definition) is 1. The predicted molar refractivity (Wildman–Crippen MR) is 70.7 cm³/mol. The van der Waals surface area contributed by atoms with Crippen molar-refractivity contribution in [2.24, 2.45) is 17.6 Å². The monoisotopic (exact) mass is 226 g/mol. The molecule has 2 nitrogen and oxygen atoms in total. The van der Waals surface area contributed by atoms with Gasteiger partial charge in [-0.15, -0.1) is 0 Å². The van der Waals surface area contributed by atoms with Crippen molar-refractivity contribution in [2.75, 3.05) is 0 Å². The lowest BCUT2D eigenvalue weighted by Crippen LogP contribution is -2.13. The Hall–Kier alpha value is -1.41. The zero-order valence-electron chi connectivity index (χ0n) is 10.4. The third-order valence-corrected chi connectivity index (χ3v) is 3.87. The molecule has 1 aliphatic rings. The average Bonchev–Trinajstić information content (AvgIpc) is 3.05. The molecular weight excluding hydrogens is 208 g/mol. The maximum absolute atomic E-state index is 6.29. The second-order valence-corrected chi connectivity index (χ2v) is 5.31. The molecule has 2 N–H and O–H groups in total. The Morgan fingerprint density at radius 3 is 2.76 bits per heavy atom. The summed E-state index contributed by atoms with van der Waals surface area (Å²) in [6.07, 6.45) is 1.27. The van der Waals surface area contributed by atoms with Crippen LogP contribution in [0, 0.1) is 18.8 Å². The first kappa shape index (κ1) is 10.7. The van der Waals surface area contributed by atoms with Gasteiger partial charge >= 0.3 is 0 Å². The first-order chi connectivity index (χ1) is 8.15. The topological polar surface area (TPSA) is 38.9 Å². The van der Waals surface area contributed by atoms with Crippen LogP contribution in [-0.4, -0.2) is 4.98 Å². The second-order valence-electron chi connectivity index (χ2n) is 5.31. The van der Waals surface area contributed by atoms with Crippen LogP contribution in [0.2, 0.25) is 0 Å². The summed E-state index contributed by atoms with van der Waals surface area (Å²) in [4.78, 5) is 4.51. The Morgan fingerprint density at radius 2 is 2.06 bits per heavy atom. The lowest BCUT2D eigenvalue weighted by Gasteiger charge is -2.12. The average molecular weight is 226 g/mol. The fourth-order valence-electron chi connectivity index (χ4n) is 2.55. The van der Waals surface area contributed by atoms with Crippen LogP contribution < -0.4 is 5.73 Å². The molecule has 1 aliphatic carbocycles. The minimum Gasteiger partial charge on any atom is -0.324 e. The molecule has 1 heterocycles. The van der Waals surface area contributed by atoms with Gasteiger partial charge < -0.3 is 5.73 Å². The Kier molecular flexibility index (Phi) is 2.40. The number of fused-ring (bicyclic) bond motifs is 1. The Morgan fingerprint density at radius 1 is 1.29 bits per heavy atom. The molecule has 3 rings (SSSR count). The molecule has 0 spiro atoms. The van der Waals surface area contributed by atoms with Crippen LogP contribution in [-0.2, 0) is 0 Å². The molecule has 17 heavy (non-hydrogen) atoms. The van der Waals surface area contributed by atoms with Gasteiger partial charge in [-0.1, -0.05) is 19.1 Å². The smallest absolute Gasteiger partial charge is 0.0705 e. The third kappa shape index (κ3) is 1.93. The van der Waals surface area contributed by atoms with Gasteiger partial charge in [-0.05, 0) is 48.9 Å². The SMILES string of the molecule is Cc1ccc2cc(C(N)C3CC3C)ccc2n1. The Balaban J connectivity index is 1.99. The summed E-state index contributed by atoms with van der Waals surface area (Å²) in [5.41, 5.74) is 9.66. The summed E-state index contributed by atoms with van der Waals surface area (Å²) in [6, 6.07) is 10.8. The molecule has 0 amide bonds. The maximum atomic E-state index is 6.29. The number of benzene rings is 1. The van der Waals surface area contributed by atoms with Crippen molar-refractivity contribution < 1.29 is 0 Å². The van der Waals surface area contributed by atoms with E-state index in [0.29, 0.717) is 5.92 Å². The first-order valence-corrected chi connectivity index (χ1v) is 6.28. The number of rotatable bonds is 2. The second kappa shape index (κ2) is 3.81. The highest BCUT2D eigenvalue weighted by atomic mass is 14.7. The lowest BCUT2D eigenvalue weighted by molar-refractivity contribution is 0.594. The summed E-state index contributed by atoms with van der Waals surface area (Å²) in [7, 11) is 0. The zero-order valence-corrected chi connectivity index (χ0v) is 10.4. The van der Waals surface area contributed by atoms with Crippen LogP contribution in [0.25, 0.3) is 10.9 Å². The summed E-state index contributed by atoms with van der Waals surface area (Å²) in [5, 5.41) is 1.19. The number of aromatic nitrogens is 1. The molecule has 0 radical (unpaired) electrons. The Labute approximate surface area is 102 Å². The van der Waals surface area contributed by atoms with Gasteiger partial charge in [-0.2, -0.15) is 0 Å².